The van der Waals surface area contributed by atoms with Crippen LogP contribution in [0.3, 0.4) is 0 Å². The third-order valence-electron chi connectivity index (χ3n) is 5.32. The molecule has 2 aromatic rings. The first-order valence-corrected chi connectivity index (χ1v) is 8.51. The number of rotatable bonds is 3. The van der Waals surface area contributed by atoms with Crippen molar-refractivity contribution in [2.45, 2.75) is 25.4 Å². The van der Waals surface area contributed by atoms with E-state index in [0.29, 0.717) is 6.04 Å². The van der Waals surface area contributed by atoms with E-state index in [2.05, 4.69) is 52.7 Å². The van der Waals surface area contributed by atoms with Gasteiger partial charge in [-0.15, -0.1) is 0 Å². The average Bonchev–Trinajstić information content (AvgIpc) is 3.00. The molecule has 1 aliphatic heterocycles. The fourth-order valence-corrected chi connectivity index (χ4v) is 3.95. The van der Waals surface area contributed by atoms with Gasteiger partial charge in [0.2, 0.25) is 5.91 Å². The maximum Gasteiger partial charge on any atom is 0.225 e. The Kier molecular flexibility index (Phi) is 3.70. The van der Waals surface area contributed by atoms with Gasteiger partial charge in [-0.2, -0.15) is 0 Å². The predicted octanol–water partition coefficient (Wildman–Crippen LogP) is 1.53. The molecule has 2 heterocycles. The van der Waals surface area contributed by atoms with Crippen LogP contribution in [0, 0.1) is 5.92 Å². The van der Waals surface area contributed by atoms with Crippen molar-refractivity contribution in [2.75, 3.05) is 20.2 Å². The molecule has 1 amide bonds. The fraction of sp³-hybridized carbons (Fsp3) is 0.421. The fourth-order valence-electron chi connectivity index (χ4n) is 3.95. The van der Waals surface area contributed by atoms with Crippen LogP contribution < -0.4 is 5.32 Å². The van der Waals surface area contributed by atoms with Crippen LogP contribution in [0.5, 0.6) is 0 Å². The molecule has 4 rings (SSSR count). The lowest BCUT2D eigenvalue weighted by atomic mass is 9.81. The Labute approximate surface area is 141 Å². The van der Waals surface area contributed by atoms with E-state index < -0.39 is 0 Å². The summed E-state index contributed by atoms with van der Waals surface area (Å²) < 4.78 is 0. The summed E-state index contributed by atoms with van der Waals surface area (Å²) in [6.45, 7) is 2.40. The first kappa shape index (κ1) is 15.4. The molecule has 2 unspecified atom stereocenters. The van der Waals surface area contributed by atoms with Gasteiger partial charge in [0, 0.05) is 29.7 Å². The molecule has 1 aromatic heterocycles. The van der Waals surface area contributed by atoms with Gasteiger partial charge in [-0.05, 0) is 36.2 Å². The van der Waals surface area contributed by atoms with E-state index in [1.807, 2.05) is 0 Å². The second kappa shape index (κ2) is 5.76. The Morgan fingerprint density at radius 3 is 3.12 bits per heavy atom. The van der Waals surface area contributed by atoms with Crippen LogP contribution in [-0.2, 0) is 11.2 Å². The van der Waals surface area contributed by atoms with Gasteiger partial charge in [0.25, 0.3) is 0 Å². The Morgan fingerprint density at radius 2 is 2.33 bits per heavy atom. The molecule has 0 fully saturated rings. The van der Waals surface area contributed by atoms with Gasteiger partial charge in [0.05, 0.1) is 18.6 Å². The van der Waals surface area contributed by atoms with Crippen molar-refractivity contribution < 1.29 is 9.90 Å². The summed E-state index contributed by atoms with van der Waals surface area (Å²) in [6, 6.07) is 6.68. The van der Waals surface area contributed by atoms with Crippen molar-refractivity contribution in [3.63, 3.8) is 0 Å². The van der Waals surface area contributed by atoms with E-state index in [1.165, 1.54) is 27.6 Å². The van der Waals surface area contributed by atoms with Crippen molar-refractivity contribution in [1.82, 2.24) is 15.2 Å². The maximum atomic E-state index is 12.1. The SMILES string of the molecule is CC(CO)C(=O)NC1C=C2c3cccc4[nH]cc(c34)C[C@H]2N(C)C1. The number of amides is 1. The number of nitrogens with one attached hydrogen (secondary N) is 2. The third kappa shape index (κ3) is 2.36. The lowest BCUT2D eigenvalue weighted by Gasteiger charge is -2.40. The van der Waals surface area contributed by atoms with Crippen molar-refractivity contribution in [3.8, 4) is 0 Å². The number of aliphatic hydroxyl groups excluding tert-OH is 1. The predicted molar refractivity (Wildman–Crippen MR) is 94.6 cm³/mol. The highest BCUT2D eigenvalue weighted by molar-refractivity contribution is 5.98. The molecule has 24 heavy (non-hydrogen) atoms. The van der Waals surface area contributed by atoms with Crippen LogP contribution in [0.15, 0.2) is 30.5 Å². The number of benzene rings is 1. The van der Waals surface area contributed by atoms with Gasteiger partial charge in [-0.3, -0.25) is 9.69 Å². The van der Waals surface area contributed by atoms with Gasteiger partial charge < -0.3 is 15.4 Å². The van der Waals surface area contributed by atoms with E-state index in [9.17, 15) is 9.90 Å². The second-order valence-corrected chi connectivity index (χ2v) is 7.02. The van der Waals surface area contributed by atoms with Crippen LogP contribution >= 0.6 is 0 Å². The minimum absolute atomic E-state index is 0.0292. The number of aromatic amines is 1. The molecule has 0 saturated carbocycles. The van der Waals surface area contributed by atoms with Crippen molar-refractivity contribution >= 4 is 22.4 Å². The smallest absolute Gasteiger partial charge is 0.225 e. The molecule has 2 aliphatic rings. The first-order valence-electron chi connectivity index (χ1n) is 8.51. The monoisotopic (exact) mass is 325 g/mol. The van der Waals surface area contributed by atoms with E-state index >= 15 is 0 Å². The van der Waals surface area contributed by atoms with Crippen LogP contribution in [-0.4, -0.2) is 53.2 Å². The molecule has 1 aliphatic carbocycles. The Bertz CT molecular complexity index is 823. The number of aromatic nitrogens is 1. The van der Waals surface area contributed by atoms with E-state index in [1.54, 1.807) is 6.92 Å². The molecule has 126 valence electrons. The molecule has 3 atom stereocenters. The first-order chi connectivity index (χ1) is 11.6. The summed E-state index contributed by atoms with van der Waals surface area (Å²) in [5.41, 5.74) is 5.10. The number of hydrogen-bond donors (Lipinski definition) is 3. The largest absolute Gasteiger partial charge is 0.396 e. The molecule has 0 saturated heterocycles. The minimum Gasteiger partial charge on any atom is -0.396 e. The molecule has 5 heteroatoms. The zero-order valence-corrected chi connectivity index (χ0v) is 14.0. The Balaban J connectivity index is 1.72. The molecule has 0 bridgehead atoms. The summed E-state index contributed by atoms with van der Waals surface area (Å²) in [7, 11) is 2.12. The number of nitrogens with zero attached hydrogens (tertiary/aromatic N) is 1. The summed E-state index contributed by atoms with van der Waals surface area (Å²) in [4.78, 5) is 17.8. The second-order valence-electron chi connectivity index (χ2n) is 7.02. The number of H-pyrrole nitrogens is 1. The van der Waals surface area contributed by atoms with Crippen LogP contribution in [0.1, 0.15) is 18.1 Å². The van der Waals surface area contributed by atoms with Gasteiger partial charge in [0.1, 0.15) is 0 Å². The van der Waals surface area contributed by atoms with Crippen LogP contribution in [0.2, 0.25) is 0 Å². The molecule has 5 nitrogen and oxygen atoms in total. The molecule has 0 spiro atoms. The number of carbonyl (C=O) groups is 1. The van der Waals surface area contributed by atoms with Crippen molar-refractivity contribution in [3.05, 3.63) is 41.6 Å². The molecule has 1 aromatic carbocycles. The highest BCUT2D eigenvalue weighted by Gasteiger charge is 2.34. The zero-order valence-electron chi connectivity index (χ0n) is 14.0. The standard InChI is InChI=1S/C19H23N3O2/c1-11(10-23)19(24)21-13-7-15-14-4-3-5-16-18(14)12(8-20-16)6-17(15)22(2)9-13/h3-5,7-8,11,13,17,20,23H,6,9-10H2,1-2H3,(H,21,24)/t11?,13?,17-/m1/s1. The normalized spacial score (nSPS) is 24.4. The number of likely N-dealkylation sites (N-methyl/N-ethyl adjacent to an activating group) is 1. The lowest BCUT2D eigenvalue weighted by molar-refractivity contribution is -0.126. The number of fused-ring (bicyclic) bond motifs is 2. The number of hydrogen-bond acceptors (Lipinski definition) is 3. The topological polar surface area (TPSA) is 68.4 Å². The van der Waals surface area contributed by atoms with Crippen LogP contribution in [0.25, 0.3) is 16.5 Å². The Hall–Kier alpha value is -2.11. The van der Waals surface area contributed by atoms with Gasteiger partial charge in [0.15, 0.2) is 0 Å². The maximum absolute atomic E-state index is 12.1. The zero-order chi connectivity index (χ0) is 16.8. The highest BCUT2D eigenvalue weighted by Crippen LogP contribution is 2.39. The lowest BCUT2D eigenvalue weighted by Crippen LogP contribution is -2.51. The molecule has 0 radical (unpaired) electrons. The van der Waals surface area contributed by atoms with Gasteiger partial charge in [-0.1, -0.05) is 25.1 Å². The summed E-state index contributed by atoms with van der Waals surface area (Å²) in [5, 5.41) is 13.5. The van der Waals surface area contributed by atoms with Crippen molar-refractivity contribution in [2.24, 2.45) is 5.92 Å². The molecule has 3 N–H and O–H groups in total. The summed E-state index contributed by atoms with van der Waals surface area (Å²) in [6.07, 6.45) is 5.32. The van der Waals surface area contributed by atoms with Crippen molar-refractivity contribution in [1.29, 1.82) is 0 Å². The van der Waals surface area contributed by atoms with E-state index in [0.717, 1.165) is 13.0 Å². The quantitative estimate of drug-likeness (QED) is 0.802. The number of aliphatic hydroxyl groups is 1. The van der Waals surface area contributed by atoms with Gasteiger partial charge >= 0.3 is 0 Å². The highest BCUT2D eigenvalue weighted by atomic mass is 16.3. The van der Waals surface area contributed by atoms with Crippen LogP contribution in [0.4, 0.5) is 0 Å². The average molecular weight is 325 g/mol. The summed E-state index contributed by atoms with van der Waals surface area (Å²) in [5.74, 6) is -0.472. The molecular formula is C19H23N3O2. The van der Waals surface area contributed by atoms with E-state index in [-0.39, 0.29) is 24.5 Å². The summed E-state index contributed by atoms with van der Waals surface area (Å²) >= 11 is 0. The number of carbonyl (C=O) groups excluding carboxylic acids is 1. The molecular weight excluding hydrogens is 302 g/mol. The minimum atomic E-state index is -0.377. The van der Waals surface area contributed by atoms with Gasteiger partial charge in [-0.25, -0.2) is 0 Å². The Morgan fingerprint density at radius 1 is 1.50 bits per heavy atom. The third-order valence-corrected chi connectivity index (χ3v) is 5.32. The van der Waals surface area contributed by atoms with E-state index in [4.69, 9.17) is 0 Å².